The van der Waals surface area contributed by atoms with Crippen molar-refractivity contribution >= 4 is 17.4 Å². The molecule has 4 heteroatoms. The summed E-state index contributed by atoms with van der Waals surface area (Å²) in [4.78, 5) is 23.5. The van der Waals surface area contributed by atoms with Gasteiger partial charge in [-0.15, -0.1) is 0 Å². The molecule has 4 nitrogen and oxygen atoms in total. The van der Waals surface area contributed by atoms with Gasteiger partial charge in [0.25, 0.3) is 5.91 Å². The number of hydrogen-bond acceptors (Lipinski definition) is 3. The molecule has 1 heterocycles. The zero-order valence-electron chi connectivity index (χ0n) is 14.2. The van der Waals surface area contributed by atoms with Crippen LogP contribution in [0.3, 0.4) is 0 Å². The zero-order valence-corrected chi connectivity index (χ0v) is 14.2. The topological polar surface area (TPSA) is 59.3 Å². The number of ketones is 1. The molecule has 3 aromatic rings. The average molecular weight is 333 g/mol. The fourth-order valence-corrected chi connectivity index (χ4v) is 2.48. The van der Waals surface area contributed by atoms with Crippen molar-refractivity contribution in [2.24, 2.45) is 0 Å². The summed E-state index contributed by atoms with van der Waals surface area (Å²) in [6.07, 6.45) is 0.640. The summed E-state index contributed by atoms with van der Waals surface area (Å²) in [6.45, 7) is 3.55. The molecule has 0 unspecified atom stereocenters. The van der Waals surface area contributed by atoms with Gasteiger partial charge in [0.05, 0.1) is 0 Å². The van der Waals surface area contributed by atoms with Gasteiger partial charge < -0.3 is 9.73 Å². The smallest absolute Gasteiger partial charge is 0.291 e. The van der Waals surface area contributed by atoms with Gasteiger partial charge in [0, 0.05) is 17.7 Å². The van der Waals surface area contributed by atoms with Crippen LogP contribution in [0.25, 0.3) is 0 Å². The minimum atomic E-state index is -0.314. The molecule has 0 saturated heterocycles. The quantitative estimate of drug-likeness (QED) is 0.692. The van der Waals surface area contributed by atoms with E-state index in [0.29, 0.717) is 17.7 Å². The lowest BCUT2D eigenvalue weighted by Crippen LogP contribution is -2.10. The van der Waals surface area contributed by atoms with Gasteiger partial charge in [-0.05, 0) is 55.8 Å². The lowest BCUT2D eigenvalue weighted by atomic mass is 10.1. The van der Waals surface area contributed by atoms with Crippen LogP contribution >= 0.6 is 0 Å². The van der Waals surface area contributed by atoms with Crippen LogP contribution in [0.15, 0.2) is 65.1 Å². The van der Waals surface area contributed by atoms with Crippen molar-refractivity contribution in [1.29, 1.82) is 0 Å². The molecule has 0 bridgehead atoms. The first kappa shape index (κ1) is 16.7. The number of furan rings is 1. The maximum Gasteiger partial charge on any atom is 0.291 e. The van der Waals surface area contributed by atoms with E-state index in [-0.39, 0.29) is 17.5 Å². The van der Waals surface area contributed by atoms with E-state index >= 15 is 0 Å². The summed E-state index contributed by atoms with van der Waals surface area (Å²) in [5.74, 6) is 0.675. The number of anilines is 1. The summed E-state index contributed by atoms with van der Waals surface area (Å²) < 4.78 is 5.65. The van der Waals surface area contributed by atoms with E-state index in [1.165, 1.54) is 12.5 Å². The highest BCUT2D eigenvalue weighted by atomic mass is 16.3. The number of rotatable bonds is 5. The Hall–Kier alpha value is -3.14. The monoisotopic (exact) mass is 333 g/mol. The van der Waals surface area contributed by atoms with Gasteiger partial charge in [-0.1, -0.05) is 29.8 Å². The minimum absolute atomic E-state index is 0.00958. The maximum atomic E-state index is 12.3. The van der Waals surface area contributed by atoms with Crippen molar-refractivity contribution in [1.82, 2.24) is 0 Å². The predicted octanol–water partition coefficient (Wildman–Crippen LogP) is 4.63. The molecule has 1 amide bonds. The normalized spacial score (nSPS) is 10.5. The van der Waals surface area contributed by atoms with Crippen molar-refractivity contribution in [2.45, 2.75) is 20.3 Å². The molecule has 2 aromatic carbocycles. The molecule has 0 saturated carbocycles. The lowest BCUT2D eigenvalue weighted by Gasteiger charge is -2.04. The first-order valence-corrected chi connectivity index (χ1v) is 8.08. The van der Waals surface area contributed by atoms with E-state index in [9.17, 15) is 9.59 Å². The lowest BCUT2D eigenvalue weighted by molar-refractivity contribution is 0.0993. The summed E-state index contributed by atoms with van der Waals surface area (Å²) in [5, 5.41) is 2.77. The molecule has 3 rings (SSSR count). The fraction of sp³-hybridized carbons (Fsp3) is 0.143. The van der Waals surface area contributed by atoms with Gasteiger partial charge >= 0.3 is 0 Å². The van der Waals surface area contributed by atoms with Crippen molar-refractivity contribution in [3.05, 3.63) is 88.9 Å². The molecule has 0 fully saturated rings. The zero-order chi connectivity index (χ0) is 17.8. The van der Waals surface area contributed by atoms with Crippen LogP contribution in [0.4, 0.5) is 5.69 Å². The SMILES string of the molecule is CC(=O)c1ccc(NC(=O)c2ccc(Cc3ccc(C)cc3)o2)cc1. The van der Waals surface area contributed by atoms with E-state index in [1.807, 2.05) is 25.1 Å². The number of carbonyl (C=O) groups excluding carboxylic acids is 2. The highest BCUT2D eigenvalue weighted by molar-refractivity contribution is 6.02. The molecule has 0 aliphatic carbocycles. The number of benzene rings is 2. The number of hydrogen-bond donors (Lipinski definition) is 1. The maximum absolute atomic E-state index is 12.3. The van der Waals surface area contributed by atoms with Crippen molar-refractivity contribution in [2.75, 3.05) is 5.32 Å². The Labute approximate surface area is 146 Å². The van der Waals surface area contributed by atoms with Crippen LogP contribution in [0, 0.1) is 6.92 Å². The van der Waals surface area contributed by atoms with Gasteiger partial charge in [0.15, 0.2) is 11.5 Å². The number of nitrogens with one attached hydrogen (secondary N) is 1. The second-order valence-corrected chi connectivity index (χ2v) is 6.02. The Morgan fingerprint density at radius 2 is 1.60 bits per heavy atom. The van der Waals surface area contributed by atoms with Gasteiger partial charge in [0.1, 0.15) is 5.76 Å². The fourth-order valence-electron chi connectivity index (χ4n) is 2.48. The standard InChI is InChI=1S/C21H19NO3/c1-14-3-5-16(6-4-14)13-19-11-12-20(25-19)21(24)22-18-9-7-17(8-10-18)15(2)23/h3-12H,13H2,1-2H3,(H,22,24). The van der Waals surface area contributed by atoms with Gasteiger partial charge in [0.2, 0.25) is 0 Å². The summed E-state index contributed by atoms with van der Waals surface area (Å²) >= 11 is 0. The molecule has 0 spiro atoms. The van der Waals surface area contributed by atoms with E-state index in [4.69, 9.17) is 4.42 Å². The van der Waals surface area contributed by atoms with Gasteiger partial charge in [-0.2, -0.15) is 0 Å². The molecular weight excluding hydrogens is 314 g/mol. The first-order valence-electron chi connectivity index (χ1n) is 8.08. The first-order chi connectivity index (χ1) is 12.0. The Kier molecular flexibility index (Phi) is 4.80. The highest BCUT2D eigenvalue weighted by Crippen LogP contribution is 2.16. The number of Topliss-reactive ketones (excluding diaryl/α,β-unsaturated/α-hetero) is 1. The number of amides is 1. The Balaban J connectivity index is 1.65. The van der Waals surface area contributed by atoms with Gasteiger partial charge in [-0.3, -0.25) is 9.59 Å². The van der Waals surface area contributed by atoms with E-state index in [1.54, 1.807) is 30.3 Å². The third-order valence-corrected chi connectivity index (χ3v) is 3.93. The molecule has 1 aromatic heterocycles. The highest BCUT2D eigenvalue weighted by Gasteiger charge is 2.12. The van der Waals surface area contributed by atoms with Crippen LogP contribution < -0.4 is 5.32 Å². The van der Waals surface area contributed by atoms with Crippen molar-refractivity contribution < 1.29 is 14.0 Å². The molecular formula is C21H19NO3. The minimum Gasteiger partial charge on any atom is -0.456 e. The molecule has 25 heavy (non-hydrogen) atoms. The second kappa shape index (κ2) is 7.18. The Morgan fingerprint density at radius 3 is 2.24 bits per heavy atom. The van der Waals surface area contributed by atoms with Crippen LogP contribution in [0.1, 0.15) is 44.7 Å². The van der Waals surface area contributed by atoms with Crippen LogP contribution in [-0.4, -0.2) is 11.7 Å². The van der Waals surface area contributed by atoms with E-state index in [0.717, 1.165) is 11.3 Å². The average Bonchev–Trinajstić information content (AvgIpc) is 3.06. The molecule has 0 atom stereocenters. The third kappa shape index (κ3) is 4.23. The molecule has 0 aliphatic heterocycles. The second-order valence-electron chi connectivity index (χ2n) is 6.02. The van der Waals surface area contributed by atoms with Crippen LogP contribution in [-0.2, 0) is 6.42 Å². The van der Waals surface area contributed by atoms with Crippen LogP contribution in [0.2, 0.25) is 0 Å². The van der Waals surface area contributed by atoms with Crippen LogP contribution in [0.5, 0.6) is 0 Å². The summed E-state index contributed by atoms with van der Waals surface area (Å²) in [6, 6.07) is 18.5. The molecule has 1 N–H and O–H groups in total. The largest absolute Gasteiger partial charge is 0.456 e. The summed E-state index contributed by atoms with van der Waals surface area (Å²) in [7, 11) is 0. The molecule has 0 aliphatic rings. The van der Waals surface area contributed by atoms with Gasteiger partial charge in [-0.25, -0.2) is 0 Å². The molecule has 126 valence electrons. The third-order valence-electron chi connectivity index (χ3n) is 3.93. The number of carbonyl (C=O) groups is 2. The van der Waals surface area contributed by atoms with E-state index in [2.05, 4.69) is 17.4 Å². The summed E-state index contributed by atoms with van der Waals surface area (Å²) in [5.41, 5.74) is 3.56. The number of aryl methyl sites for hydroxylation is 1. The van der Waals surface area contributed by atoms with E-state index < -0.39 is 0 Å². The Bertz CT molecular complexity index is 890. The predicted molar refractivity (Wildman–Crippen MR) is 97.1 cm³/mol. The van der Waals surface area contributed by atoms with Crippen molar-refractivity contribution in [3.63, 3.8) is 0 Å². The van der Waals surface area contributed by atoms with Crippen molar-refractivity contribution in [3.8, 4) is 0 Å². The molecule has 0 radical (unpaired) electrons. The Morgan fingerprint density at radius 1 is 0.920 bits per heavy atom.